The molecule has 0 amide bonds. The van der Waals surface area contributed by atoms with E-state index in [-0.39, 0.29) is 5.97 Å². The van der Waals surface area contributed by atoms with Crippen molar-refractivity contribution in [2.45, 2.75) is 219 Å². The lowest BCUT2D eigenvalue weighted by Crippen LogP contribution is -2.20. The molecule has 0 rings (SSSR count). The summed E-state index contributed by atoms with van der Waals surface area (Å²) in [5.74, 6) is -0.0921. The van der Waals surface area contributed by atoms with Gasteiger partial charge in [0, 0.05) is 13.0 Å². The maximum absolute atomic E-state index is 11.9. The highest BCUT2D eigenvalue weighted by Crippen LogP contribution is 2.13. The molecule has 0 bridgehead atoms. The molecule has 0 heterocycles. The average molecular weight is 604 g/mol. The fraction of sp³-hybridized carbons (Fsp3) is 0.875. The van der Waals surface area contributed by atoms with Crippen LogP contribution >= 0.6 is 0 Å². The Morgan fingerprint density at radius 2 is 0.721 bits per heavy atom. The van der Waals surface area contributed by atoms with Crippen LogP contribution in [0.25, 0.3) is 0 Å². The molecule has 0 aromatic heterocycles. The standard InChI is InChI=1S/C40H77NO2/c1-3-5-7-9-11-13-15-17-19-21-22-23-24-26-28-30-32-34-36-38-40(42)43-41-39-37-35-33-31-29-27-25-20-18-16-14-12-10-8-6-4-2/h17-20,41H,3-16,21-39H2,1-2H3/b19-17-,20-18-. The molecule has 0 aliphatic carbocycles. The van der Waals surface area contributed by atoms with Gasteiger partial charge in [-0.15, -0.1) is 0 Å². The molecule has 0 aliphatic rings. The van der Waals surface area contributed by atoms with E-state index >= 15 is 0 Å². The van der Waals surface area contributed by atoms with Gasteiger partial charge in [-0.25, -0.2) is 0 Å². The number of hydroxylamine groups is 1. The zero-order chi connectivity index (χ0) is 31.2. The smallest absolute Gasteiger partial charge is 0.324 e. The summed E-state index contributed by atoms with van der Waals surface area (Å²) in [5.41, 5.74) is 2.88. The summed E-state index contributed by atoms with van der Waals surface area (Å²) in [6.45, 7) is 5.34. The predicted octanol–water partition coefficient (Wildman–Crippen LogP) is 13.7. The van der Waals surface area contributed by atoms with E-state index < -0.39 is 0 Å². The number of carbonyl (C=O) groups excluding carboxylic acids is 1. The largest absolute Gasteiger partial charge is 0.371 e. The Bertz CT molecular complexity index is 585. The molecule has 0 fully saturated rings. The quantitative estimate of drug-likeness (QED) is 0.0440. The Morgan fingerprint density at radius 1 is 0.419 bits per heavy atom. The Kier molecular flexibility index (Phi) is 37.9. The lowest BCUT2D eigenvalue weighted by atomic mass is 10.1. The molecule has 0 atom stereocenters. The third-order valence-electron chi connectivity index (χ3n) is 8.62. The van der Waals surface area contributed by atoms with Crippen molar-refractivity contribution in [3.05, 3.63) is 24.3 Å². The minimum Gasteiger partial charge on any atom is -0.371 e. The molecule has 0 spiro atoms. The van der Waals surface area contributed by atoms with E-state index in [1.54, 1.807) is 0 Å². The van der Waals surface area contributed by atoms with Crippen molar-refractivity contribution in [3.8, 4) is 0 Å². The van der Waals surface area contributed by atoms with Gasteiger partial charge >= 0.3 is 5.97 Å². The molecule has 0 radical (unpaired) electrons. The van der Waals surface area contributed by atoms with E-state index in [4.69, 9.17) is 4.84 Å². The fourth-order valence-corrected chi connectivity index (χ4v) is 5.67. The first-order valence-corrected chi connectivity index (χ1v) is 19.5. The molecule has 1 N–H and O–H groups in total. The lowest BCUT2D eigenvalue weighted by molar-refractivity contribution is -0.151. The highest BCUT2D eigenvalue weighted by molar-refractivity contribution is 5.68. The number of rotatable bonds is 36. The van der Waals surface area contributed by atoms with Gasteiger partial charge in [0.1, 0.15) is 0 Å². The first-order chi connectivity index (χ1) is 21.3. The Balaban J connectivity index is 3.21. The van der Waals surface area contributed by atoms with Gasteiger partial charge < -0.3 is 4.84 Å². The molecule has 0 aromatic rings. The van der Waals surface area contributed by atoms with Gasteiger partial charge in [0.05, 0.1) is 0 Å². The fourth-order valence-electron chi connectivity index (χ4n) is 5.67. The lowest BCUT2D eigenvalue weighted by Gasteiger charge is -2.06. The Hall–Kier alpha value is -1.09. The van der Waals surface area contributed by atoms with Crippen LogP contribution in [0, 0.1) is 0 Å². The van der Waals surface area contributed by atoms with Crippen LogP contribution in [-0.4, -0.2) is 12.5 Å². The molecule has 0 aromatic carbocycles. The molecule has 0 saturated heterocycles. The molecule has 43 heavy (non-hydrogen) atoms. The number of unbranched alkanes of at least 4 members (excludes halogenated alkanes) is 27. The maximum Gasteiger partial charge on any atom is 0.324 e. The molecule has 0 aliphatic heterocycles. The second kappa shape index (κ2) is 38.9. The van der Waals surface area contributed by atoms with Gasteiger partial charge in [-0.05, 0) is 64.2 Å². The number of hydrogen-bond acceptors (Lipinski definition) is 3. The number of carbonyl (C=O) groups is 1. The number of nitrogens with one attached hydrogen (secondary N) is 1. The predicted molar refractivity (Wildman–Crippen MR) is 191 cm³/mol. The van der Waals surface area contributed by atoms with Gasteiger partial charge in [0.25, 0.3) is 0 Å². The van der Waals surface area contributed by atoms with Crippen LogP contribution in [-0.2, 0) is 9.63 Å². The van der Waals surface area contributed by atoms with Crippen molar-refractivity contribution >= 4 is 5.97 Å². The molecule has 254 valence electrons. The van der Waals surface area contributed by atoms with E-state index in [2.05, 4.69) is 43.6 Å². The normalized spacial score (nSPS) is 11.8. The van der Waals surface area contributed by atoms with E-state index in [1.807, 2.05) is 0 Å². The van der Waals surface area contributed by atoms with Crippen LogP contribution in [0.2, 0.25) is 0 Å². The second-order valence-corrected chi connectivity index (χ2v) is 13.1. The van der Waals surface area contributed by atoms with Crippen LogP contribution in [0.3, 0.4) is 0 Å². The van der Waals surface area contributed by atoms with Crippen molar-refractivity contribution in [2.24, 2.45) is 0 Å². The van der Waals surface area contributed by atoms with Gasteiger partial charge in [-0.3, -0.25) is 4.79 Å². The highest BCUT2D eigenvalue weighted by atomic mass is 16.7. The van der Waals surface area contributed by atoms with Crippen LogP contribution in [0.4, 0.5) is 0 Å². The van der Waals surface area contributed by atoms with Gasteiger partial charge in [0.15, 0.2) is 0 Å². The summed E-state index contributed by atoms with van der Waals surface area (Å²) in [7, 11) is 0. The van der Waals surface area contributed by atoms with Crippen molar-refractivity contribution in [1.82, 2.24) is 5.48 Å². The van der Waals surface area contributed by atoms with Crippen molar-refractivity contribution in [3.63, 3.8) is 0 Å². The Labute approximate surface area is 270 Å². The zero-order valence-corrected chi connectivity index (χ0v) is 29.5. The third-order valence-corrected chi connectivity index (χ3v) is 8.62. The summed E-state index contributed by atoms with van der Waals surface area (Å²) in [6, 6.07) is 0. The number of allylic oxidation sites excluding steroid dienone is 4. The monoisotopic (exact) mass is 604 g/mol. The van der Waals surface area contributed by atoms with Gasteiger partial charge in [-0.2, -0.15) is 5.48 Å². The van der Waals surface area contributed by atoms with Crippen molar-refractivity contribution < 1.29 is 9.63 Å². The molecule has 3 heteroatoms. The Morgan fingerprint density at radius 3 is 1.09 bits per heavy atom. The SMILES string of the molecule is CCCCCCCC/C=C\CCCCCCCCCCCC(=O)ONCCCCCCCC/C=C\CCCCCCCC. The zero-order valence-electron chi connectivity index (χ0n) is 29.5. The summed E-state index contributed by atoms with van der Waals surface area (Å²) in [4.78, 5) is 17.1. The van der Waals surface area contributed by atoms with Crippen LogP contribution in [0.5, 0.6) is 0 Å². The van der Waals surface area contributed by atoms with Gasteiger partial charge in [0.2, 0.25) is 0 Å². The summed E-state index contributed by atoms with van der Waals surface area (Å²) < 4.78 is 0. The average Bonchev–Trinajstić information content (AvgIpc) is 3.01. The third kappa shape index (κ3) is 38.9. The molecule has 0 saturated carbocycles. The first kappa shape index (κ1) is 41.9. The van der Waals surface area contributed by atoms with E-state index in [0.29, 0.717) is 6.42 Å². The minimum atomic E-state index is -0.0921. The van der Waals surface area contributed by atoms with E-state index in [1.165, 1.54) is 180 Å². The first-order valence-electron chi connectivity index (χ1n) is 19.5. The van der Waals surface area contributed by atoms with Crippen molar-refractivity contribution in [2.75, 3.05) is 6.54 Å². The summed E-state index contributed by atoms with van der Waals surface area (Å²) in [5, 5.41) is 0. The molecular formula is C40H77NO2. The summed E-state index contributed by atoms with van der Waals surface area (Å²) >= 11 is 0. The highest BCUT2D eigenvalue weighted by Gasteiger charge is 2.02. The topological polar surface area (TPSA) is 38.3 Å². The second-order valence-electron chi connectivity index (χ2n) is 13.1. The summed E-state index contributed by atoms with van der Waals surface area (Å²) in [6.07, 6.45) is 50.9. The van der Waals surface area contributed by atoms with E-state index in [9.17, 15) is 4.79 Å². The van der Waals surface area contributed by atoms with Crippen LogP contribution < -0.4 is 5.48 Å². The number of hydrogen-bond donors (Lipinski definition) is 1. The molecule has 3 nitrogen and oxygen atoms in total. The minimum absolute atomic E-state index is 0.0921. The van der Waals surface area contributed by atoms with E-state index in [0.717, 1.165) is 25.8 Å². The van der Waals surface area contributed by atoms with Crippen LogP contribution in [0.15, 0.2) is 24.3 Å². The van der Waals surface area contributed by atoms with Gasteiger partial charge in [-0.1, -0.05) is 173 Å². The van der Waals surface area contributed by atoms with Crippen molar-refractivity contribution in [1.29, 1.82) is 0 Å². The van der Waals surface area contributed by atoms with Crippen LogP contribution in [0.1, 0.15) is 219 Å². The molecular weight excluding hydrogens is 526 g/mol. The molecule has 0 unspecified atom stereocenters. The maximum atomic E-state index is 11.9.